The Labute approximate surface area is 344 Å². The van der Waals surface area contributed by atoms with Crippen molar-refractivity contribution in [2.45, 2.75) is 227 Å². The van der Waals surface area contributed by atoms with Crippen LogP contribution < -0.4 is 0 Å². The number of fused-ring (bicyclic) bond motifs is 1. The second kappa shape index (κ2) is 30.8. The lowest BCUT2D eigenvalue weighted by molar-refractivity contribution is -0.0432. The average molecular weight is 751 g/mol. The van der Waals surface area contributed by atoms with Gasteiger partial charge in [0.05, 0.1) is 0 Å². The molecule has 0 bridgehead atoms. The summed E-state index contributed by atoms with van der Waals surface area (Å²) in [5, 5.41) is 0. The lowest BCUT2D eigenvalue weighted by Gasteiger charge is -2.54. The summed E-state index contributed by atoms with van der Waals surface area (Å²) in [4.78, 5) is 0. The van der Waals surface area contributed by atoms with Gasteiger partial charge in [0.25, 0.3) is 0 Å². The van der Waals surface area contributed by atoms with E-state index in [2.05, 4.69) is 108 Å². The van der Waals surface area contributed by atoms with Gasteiger partial charge in [-0.2, -0.15) is 0 Å². The van der Waals surface area contributed by atoms with Crippen LogP contribution in [0.2, 0.25) is 0 Å². The second-order valence-electron chi connectivity index (χ2n) is 18.4. The van der Waals surface area contributed by atoms with Gasteiger partial charge in [0.2, 0.25) is 0 Å². The van der Waals surface area contributed by atoms with Crippen molar-refractivity contribution in [1.29, 1.82) is 0 Å². The SMILES string of the molecule is C=C(C)CC(CC1CC2CCC(C)(C)CC21)C1CCC1C.C=C(CCCC)C1CCC[C@H]1C(=C)C.CC.CC.CC.CCC.CCC1=CC=C(C(C)C)C1. The summed E-state index contributed by atoms with van der Waals surface area (Å²) < 4.78 is 0. The third-order valence-electron chi connectivity index (χ3n) is 13.0. The van der Waals surface area contributed by atoms with Crippen molar-refractivity contribution in [3.8, 4) is 0 Å². The first kappa shape index (κ1) is 54.8. The van der Waals surface area contributed by atoms with Gasteiger partial charge < -0.3 is 0 Å². The van der Waals surface area contributed by atoms with Crippen molar-refractivity contribution < 1.29 is 0 Å². The molecule has 0 aromatic rings. The van der Waals surface area contributed by atoms with Gasteiger partial charge in [-0.3, -0.25) is 0 Å². The number of allylic oxidation sites excluding steroid dienone is 7. The van der Waals surface area contributed by atoms with E-state index in [4.69, 9.17) is 0 Å². The highest BCUT2D eigenvalue weighted by Crippen LogP contribution is 2.58. The maximum absolute atomic E-state index is 4.27. The molecule has 54 heavy (non-hydrogen) atoms. The molecule has 0 heteroatoms. The van der Waals surface area contributed by atoms with Crippen molar-refractivity contribution in [3.05, 3.63) is 59.8 Å². The van der Waals surface area contributed by atoms with E-state index in [1.807, 2.05) is 41.5 Å². The summed E-state index contributed by atoms with van der Waals surface area (Å²) >= 11 is 0. The van der Waals surface area contributed by atoms with Gasteiger partial charge in [0.1, 0.15) is 0 Å². The quantitative estimate of drug-likeness (QED) is 0.174. The molecular weight excluding hydrogens is 649 g/mol. The van der Waals surface area contributed by atoms with Crippen LogP contribution in [0.4, 0.5) is 0 Å². The number of unbranched alkanes of at least 4 members (excludes halogenated alkanes) is 1. The van der Waals surface area contributed by atoms with E-state index in [9.17, 15) is 0 Å². The van der Waals surface area contributed by atoms with Gasteiger partial charge in [-0.05, 0) is 156 Å². The monoisotopic (exact) mass is 751 g/mol. The largest absolute Gasteiger partial charge is 0.100 e. The van der Waals surface area contributed by atoms with E-state index in [0.717, 1.165) is 53.3 Å². The first-order chi connectivity index (χ1) is 25.7. The Morgan fingerprint density at radius 2 is 1.43 bits per heavy atom. The predicted octanol–water partition coefficient (Wildman–Crippen LogP) is 19.0. The second-order valence-corrected chi connectivity index (χ2v) is 18.4. The first-order valence-electron chi connectivity index (χ1n) is 24.0. The highest BCUT2D eigenvalue weighted by atomic mass is 14.5. The molecule has 318 valence electrons. The molecule has 0 amide bonds. The summed E-state index contributed by atoms with van der Waals surface area (Å²) in [5.74, 6) is 8.36. The Hall–Kier alpha value is -1.30. The zero-order valence-electron chi connectivity index (χ0n) is 40.5. The van der Waals surface area contributed by atoms with Crippen LogP contribution in [0.15, 0.2) is 59.8 Å². The third-order valence-corrected chi connectivity index (χ3v) is 13.0. The molecule has 0 N–H and O–H groups in total. The molecule has 5 rings (SSSR count). The van der Waals surface area contributed by atoms with Gasteiger partial charge in [-0.1, -0.05) is 183 Å². The Morgan fingerprint density at radius 1 is 0.833 bits per heavy atom. The molecule has 0 spiro atoms. The highest BCUT2D eigenvalue weighted by molar-refractivity contribution is 5.31. The zero-order chi connectivity index (χ0) is 42.0. The molecule has 5 aliphatic rings. The average Bonchev–Trinajstić information content (AvgIpc) is 3.84. The smallest absolute Gasteiger partial charge is 0.00998 e. The van der Waals surface area contributed by atoms with Crippen molar-refractivity contribution in [2.75, 3.05) is 0 Å². The number of rotatable bonds is 12. The Morgan fingerprint density at radius 3 is 1.85 bits per heavy atom. The van der Waals surface area contributed by atoms with E-state index in [1.54, 1.807) is 17.6 Å². The molecule has 5 aliphatic carbocycles. The summed E-state index contributed by atoms with van der Waals surface area (Å²) in [5.41, 5.74) is 8.06. The highest BCUT2D eigenvalue weighted by Gasteiger charge is 2.48. The van der Waals surface area contributed by atoms with E-state index in [0.29, 0.717) is 5.41 Å². The molecule has 4 fully saturated rings. The fraction of sp³-hybridized carbons (Fsp3) is 0.815. The molecule has 0 aromatic carbocycles. The molecule has 4 saturated carbocycles. The Balaban J connectivity index is 0. The van der Waals surface area contributed by atoms with Gasteiger partial charge in [0.15, 0.2) is 0 Å². The number of hydrogen-bond donors (Lipinski definition) is 0. The van der Waals surface area contributed by atoms with E-state index in [-0.39, 0.29) is 0 Å². The molecule has 0 heterocycles. The maximum atomic E-state index is 4.27. The molecule has 7 unspecified atom stereocenters. The van der Waals surface area contributed by atoms with E-state index >= 15 is 0 Å². The van der Waals surface area contributed by atoms with Crippen LogP contribution in [0, 0.1) is 58.7 Å². The van der Waals surface area contributed by atoms with E-state index in [1.165, 1.54) is 119 Å². The van der Waals surface area contributed by atoms with Crippen LogP contribution in [0.5, 0.6) is 0 Å². The molecule has 0 nitrogen and oxygen atoms in total. The molecule has 0 aliphatic heterocycles. The summed E-state index contributed by atoms with van der Waals surface area (Å²) in [7, 11) is 0. The van der Waals surface area contributed by atoms with Gasteiger partial charge in [-0.15, -0.1) is 6.58 Å². The van der Waals surface area contributed by atoms with Crippen LogP contribution in [0.1, 0.15) is 227 Å². The van der Waals surface area contributed by atoms with Crippen LogP contribution in [-0.4, -0.2) is 0 Å². The molecule has 8 atom stereocenters. The summed E-state index contributed by atoms with van der Waals surface area (Å²) in [6, 6.07) is 0. The van der Waals surface area contributed by atoms with Crippen molar-refractivity contribution in [3.63, 3.8) is 0 Å². The number of hydrogen-bond acceptors (Lipinski definition) is 0. The lowest BCUT2D eigenvalue weighted by atomic mass is 9.51. The summed E-state index contributed by atoms with van der Waals surface area (Å²) in [6.45, 7) is 49.7. The van der Waals surface area contributed by atoms with Crippen LogP contribution in [-0.2, 0) is 0 Å². The lowest BCUT2D eigenvalue weighted by Crippen LogP contribution is -2.45. The van der Waals surface area contributed by atoms with Crippen LogP contribution in [0.25, 0.3) is 0 Å². The molecule has 0 saturated heterocycles. The normalized spacial score (nSPS) is 27.3. The Kier molecular flexibility index (Phi) is 31.2. The third kappa shape index (κ3) is 19.7. The maximum Gasteiger partial charge on any atom is -0.00998 e. The van der Waals surface area contributed by atoms with Crippen molar-refractivity contribution in [1.82, 2.24) is 0 Å². The standard InChI is InChI=1S/C21H36.C14H24.C10H16.C3H8.3C2H6/c1-14(2)10-17(19-7-6-15(19)3)12-18-11-16-8-9-21(4,5)13-20(16)18;1-5-6-8-12(4)14-10-7-9-13(14)11(2)3;1-4-9-5-6-10(7-9)8(2)3;1-3-2;3*1-2/h15-20H,1,6-13H2,2-5H3;13-14H,2,4-10H2,1,3H3;5-6,8H,4,7H2,1-3H3;3H2,1-2H3;3*1-2H3/t;13-,14?;;;;;/m.0...../s1. The minimum absolute atomic E-state index is 0.619. The minimum Gasteiger partial charge on any atom is -0.100 e. The fourth-order valence-electron chi connectivity index (χ4n) is 9.69. The van der Waals surface area contributed by atoms with Gasteiger partial charge >= 0.3 is 0 Å². The Bertz CT molecular complexity index is 1040. The fourth-order valence-corrected chi connectivity index (χ4v) is 9.69. The molecular formula is C54H102. The molecule has 0 radical (unpaired) electrons. The van der Waals surface area contributed by atoms with Crippen LogP contribution >= 0.6 is 0 Å². The summed E-state index contributed by atoms with van der Waals surface area (Å²) in [6.07, 6.45) is 27.9. The zero-order valence-corrected chi connectivity index (χ0v) is 40.5. The van der Waals surface area contributed by atoms with Gasteiger partial charge in [-0.25, -0.2) is 0 Å². The van der Waals surface area contributed by atoms with Crippen molar-refractivity contribution in [2.24, 2.45) is 58.7 Å². The van der Waals surface area contributed by atoms with Crippen LogP contribution in [0.3, 0.4) is 0 Å². The molecule has 0 aromatic heterocycles. The predicted molar refractivity (Wildman–Crippen MR) is 252 cm³/mol. The van der Waals surface area contributed by atoms with Crippen molar-refractivity contribution >= 4 is 0 Å². The van der Waals surface area contributed by atoms with Gasteiger partial charge in [0, 0.05) is 0 Å². The minimum atomic E-state index is 0.619. The van der Waals surface area contributed by atoms with E-state index < -0.39 is 0 Å². The topological polar surface area (TPSA) is 0 Å². The first-order valence-corrected chi connectivity index (χ1v) is 24.0.